The topological polar surface area (TPSA) is 0 Å². The second kappa shape index (κ2) is 4.24. The van der Waals surface area contributed by atoms with Crippen molar-refractivity contribution in [3.63, 3.8) is 0 Å². The van der Waals surface area contributed by atoms with Gasteiger partial charge in [-0.05, 0) is 39.7 Å². The van der Waals surface area contributed by atoms with Crippen LogP contribution in [0.3, 0.4) is 0 Å². The van der Waals surface area contributed by atoms with Crippen LogP contribution in [0.1, 0.15) is 10.4 Å². The van der Waals surface area contributed by atoms with Crippen LogP contribution in [0, 0.1) is 5.82 Å². The Morgan fingerprint density at radius 1 is 1.14 bits per heavy atom. The largest absolute Gasteiger partial charge is 0.207 e. The quantitative estimate of drug-likeness (QED) is 0.766. The fourth-order valence-corrected chi connectivity index (χ4v) is 2.78. The van der Waals surface area contributed by atoms with Crippen molar-refractivity contribution in [1.82, 2.24) is 0 Å². The van der Waals surface area contributed by atoms with Crippen molar-refractivity contribution in [2.24, 2.45) is 0 Å². The third-order valence-electron chi connectivity index (χ3n) is 1.95. The second-order valence-electron chi connectivity index (χ2n) is 2.97. The van der Waals surface area contributed by atoms with E-state index in [2.05, 4.69) is 15.9 Å². The maximum absolute atomic E-state index is 13.3. The molecule has 0 atom stereocenters. The summed E-state index contributed by atoms with van der Waals surface area (Å²) in [6.45, 7) is 0. The summed E-state index contributed by atoms with van der Waals surface area (Å²) in [4.78, 5) is 1.17. The molecular formula is C11H8BrFS. The fraction of sp³-hybridized carbons (Fsp3) is 0.0909. The van der Waals surface area contributed by atoms with Crippen molar-refractivity contribution in [1.29, 1.82) is 0 Å². The highest BCUT2D eigenvalue weighted by molar-refractivity contribution is 9.11. The molecule has 0 nitrogen and oxygen atoms in total. The molecule has 1 heterocycles. The highest BCUT2D eigenvalue weighted by atomic mass is 79.9. The molecule has 72 valence electrons. The van der Waals surface area contributed by atoms with E-state index in [1.165, 1.54) is 10.9 Å². The predicted molar refractivity (Wildman–Crippen MR) is 61.2 cm³/mol. The summed E-state index contributed by atoms with van der Waals surface area (Å²) >= 11 is 5.03. The van der Waals surface area contributed by atoms with Gasteiger partial charge in [0.05, 0.1) is 3.79 Å². The van der Waals surface area contributed by atoms with Gasteiger partial charge < -0.3 is 0 Å². The maximum atomic E-state index is 13.3. The first kappa shape index (κ1) is 9.87. The van der Waals surface area contributed by atoms with Gasteiger partial charge in [0.1, 0.15) is 5.82 Å². The van der Waals surface area contributed by atoms with Crippen LogP contribution < -0.4 is 0 Å². The van der Waals surface area contributed by atoms with E-state index >= 15 is 0 Å². The van der Waals surface area contributed by atoms with Gasteiger partial charge in [0.2, 0.25) is 0 Å². The van der Waals surface area contributed by atoms with Gasteiger partial charge in [-0.25, -0.2) is 4.39 Å². The van der Waals surface area contributed by atoms with Gasteiger partial charge in [-0.3, -0.25) is 0 Å². The number of hydrogen-bond acceptors (Lipinski definition) is 1. The molecule has 1 aromatic heterocycles. The lowest BCUT2D eigenvalue weighted by Gasteiger charge is -1.99. The molecule has 0 amide bonds. The molecule has 0 bridgehead atoms. The first-order chi connectivity index (χ1) is 6.75. The first-order valence-corrected chi connectivity index (χ1v) is 5.84. The van der Waals surface area contributed by atoms with E-state index in [9.17, 15) is 4.39 Å². The molecule has 0 aliphatic carbocycles. The van der Waals surface area contributed by atoms with Gasteiger partial charge in [-0.1, -0.05) is 18.2 Å². The molecule has 0 radical (unpaired) electrons. The molecule has 0 N–H and O–H groups in total. The summed E-state index contributed by atoms with van der Waals surface area (Å²) in [5.74, 6) is -0.128. The van der Waals surface area contributed by atoms with Crippen molar-refractivity contribution >= 4 is 27.3 Å². The molecule has 3 heteroatoms. The van der Waals surface area contributed by atoms with Gasteiger partial charge in [0, 0.05) is 11.3 Å². The van der Waals surface area contributed by atoms with Crippen LogP contribution in [-0.2, 0) is 6.42 Å². The van der Waals surface area contributed by atoms with E-state index in [4.69, 9.17) is 0 Å². The highest BCUT2D eigenvalue weighted by Gasteiger charge is 2.03. The average Bonchev–Trinajstić information content (AvgIpc) is 2.56. The van der Waals surface area contributed by atoms with Crippen LogP contribution in [-0.4, -0.2) is 0 Å². The summed E-state index contributed by atoms with van der Waals surface area (Å²) in [6, 6.07) is 10.9. The molecule has 0 spiro atoms. The second-order valence-corrected chi connectivity index (χ2v) is 5.52. The summed E-state index contributed by atoms with van der Waals surface area (Å²) in [6.07, 6.45) is 0.670. The van der Waals surface area contributed by atoms with Gasteiger partial charge in [0.15, 0.2) is 0 Å². The molecule has 0 fully saturated rings. The van der Waals surface area contributed by atoms with Crippen LogP contribution in [0.15, 0.2) is 40.2 Å². The Kier molecular flexibility index (Phi) is 2.99. The molecular weight excluding hydrogens is 263 g/mol. The molecule has 2 rings (SSSR count). The van der Waals surface area contributed by atoms with E-state index in [1.54, 1.807) is 17.4 Å². The predicted octanol–water partition coefficient (Wildman–Crippen LogP) is 4.24. The van der Waals surface area contributed by atoms with E-state index in [0.29, 0.717) is 6.42 Å². The Morgan fingerprint density at radius 2 is 1.93 bits per heavy atom. The molecule has 0 unspecified atom stereocenters. The van der Waals surface area contributed by atoms with E-state index in [1.807, 2.05) is 24.3 Å². The Labute approximate surface area is 94.5 Å². The third kappa shape index (κ3) is 2.22. The minimum atomic E-state index is -0.128. The lowest BCUT2D eigenvalue weighted by Crippen LogP contribution is -1.88. The number of hydrogen-bond donors (Lipinski definition) is 0. The van der Waals surface area contributed by atoms with Crippen LogP contribution in [0.2, 0.25) is 0 Å². The lowest BCUT2D eigenvalue weighted by atomic mass is 10.1. The van der Waals surface area contributed by atoms with Crippen LogP contribution in [0.4, 0.5) is 4.39 Å². The van der Waals surface area contributed by atoms with Crippen LogP contribution in [0.25, 0.3) is 0 Å². The van der Waals surface area contributed by atoms with Gasteiger partial charge >= 0.3 is 0 Å². The Balaban J connectivity index is 2.23. The zero-order chi connectivity index (χ0) is 9.97. The van der Waals surface area contributed by atoms with Crippen LogP contribution >= 0.6 is 27.3 Å². The molecule has 1 aromatic carbocycles. The third-order valence-corrected chi connectivity index (χ3v) is 3.58. The van der Waals surface area contributed by atoms with Crippen molar-refractivity contribution < 1.29 is 4.39 Å². The SMILES string of the molecule is Fc1ccccc1Cc1ccc(Br)s1. The fourth-order valence-electron chi connectivity index (χ4n) is 1.28. The number of benzene rings is 1. The monoisotopic (exact) mass is 270 g/mol. The first-order valence-electron chi connectivity index (χ1n) is 4.23. The van der Waals surface area contributed by atoms with E-state index in [-0.39, 0.29) is 5.82 Å². The maximum Gasteiger partial charge on any atom is 0.126 e. The van der Waals surface area contributed by atoms with Crippen molar-refractivity contribution in [2.75, 3.05) is 0 Å². The molecule has 0 saturated heterocycles. The van der Waals surface area contributed by atoms with Crippen molar-refractivity contribution in [2.45, 2.75) is 6.42 Å². The lowest BCUT2D eigenvalue weighted by molar-refractivity contribution is 0.614. The summed E-state index contributed by atoms with van der Waals surface area (Å²) < 4.78 is 14.4. The molecule has 14 heavy (non-hydrogen) atoms. The van der Waals surface area contributed by atoms with E-state index < -0.39 is 0 Å². The van der Waals surface area contributed by atoms with Gasteiger partial charge in [0.25, 0.3) is 0 Å². The average molecular weight is 271 g/mol. The van der Waals surface area contributed by atoms with E-state index in [0.717, 1.165) is 9.35 Å². The number of halogens is 2. The van der Waals surface area contributed by atoms with Crippen molar-refractivity contribution in [3.05, 3.63) is 56.4 Å². The molecule has 0 aliphatic rings. The molecule has 2 aromatic rings. The zero-order valence-corrected chi connectivity index (χ0v) is 9.74. The highest BCUT2D eigenvalue weighted by Crippen LogP contribution is 2.24. The Hall–Kier alpha value is -0.670. The minimum absolute atomic E-state index is 0.128. The summed E-state index contributed by atoms with van der Waals surface area (Å²) in [7, 11) is 0. The van der Waals surface area contributed by atoms with Crippen LogP contribution in [0.5, 0.6) is 0 Å². The van der Waals surface area contributed by atoms with Crippen molar-refractivity contribution in [3.8, 4) is 0 Å². The summed E-state index contributed by atoms with van der Waals surface area (Å²) in [5.41, 5.74) is 0.752. The normalized spacial score (nSPS) is 10.4. The minimum Gasteiger partial charge on any atom is -0.207 e. The van der Waals surface area contributed by atoms with Gasteiger partial charge in [-0.15, -0.1) is 11.3 Å². The summed E-state index contributed by atoms with van der Waals surface area (Å²) in [5, 5.41) is 0. The number of thiophene rings is 1. The molecule has 0 saturated carbocycles. The number of rotatable bonds is 2. The Bertz CT molecular complexity index is 436. The Morgan fingerprint density at radius 3 is 2.57 bits per heavy atom. The van der Waals surface area contributed by atoms with Gasteiger partial charge in [-0.2, -0.15) is 0 Å². The standard InChI is InChI=1S/C11H8BrFS/c12-11-6-5-9(14-11)7-8-3-1-2-4-10(8)13/h1-6H,7H2. The molecule has 0 aliphatic heterocycles. The smallest absolute Gasteiger partial charge is 0.126 e. The zero-order valence-electron chi connectivity index (χ0n) is 7.34.